The van der Waals surface area contributed by atoms with Gasteiger partial charge in [-0.25, -0.2) is 4.39 Å². The Bertz CT molecular complexity index is 1070. The van der Waals surface area contributed by atoms with E-state index in [9.17, 15) is 19.3 Å². The molecule has 2 aromatic heterocycles. The van der Waals surface area contributed by atoms with Gasteiger partial charge in [0.05, 0.1) is 28.5 Å². The molecule has 0 fully saturated rings. The number of nitrogens with one attached hydrogen (secondary N) is 1. The highest BCUT2D eigenvalue weighted by Crippen LogP contribution is 2.25. The molecule has 9 nitrogen and oxygen atoms in total. The zero-order valence-electron chi connectivity index (χ0n) is 15.9. The van der Waals surface area contributed by atoms with E-state index in [1.807, 2.05) is 0 Å². The van der Waals surface area contributed by atoms with Crippen molar-refractivity contribution in [3.8, 4) is 0 Å². The molecule has 0 radical (unpaired) electrons. The fraction of sp³-hybridized carbons (Fsp3) is 0.278. The van der Waals surface area contributed by atoms with Crippen LogP contribution in [0.25, 0.3) is 0 Å². The van der Waals surface area contributed by atoms with E-state index in [1.165, 1.54) is 30.8 Å². The molecule has 0 unspecified atom stereocenters. The molecule has 3 rings (SSSR count). The summed E-state index contributed by atoms with van der Waals surface area (Å²) in [4.78, 5) is 23.3. The van der Waals surface area contributed by atoms with Crippen LogP contribution in [0, 0.1) is 36.7 Å². The van der Waals surface area contributed by atoms with Crippen molar-refractivity contribution < 1.29 is 14.1 Å². The van der Waals surface area contributed by atoms with Crippen molar-refractivity contribution in [2.24, 2.45) is 7.05 Å². The average molecular weight is 386 g/mol. The molecule has 10 heteroatoms. The first-order valence-electron chi connectivity index (χ1n) is 8.46. The summed E-state index contributed by atoms with van der Waals surface area (Å²) in [6.07, 6.45) is 0. The Balaban J connectivity index is 1.88. The maximum Gasteiger partial charge on any atom is 0.322 e. The van der Waals surface area contributed by atoms with E-state index >= 15 is 0 Å². The Hall–Kier alpha value is -3.56. The lowest BCUT2D eigenvalue weighted by Crippen LogP contribution is -2.16. The number of nitrogens with zero attached hydrogens (tertiary/aromatic N) is 5. The Morgan fingerprint density at radius 2 is 1.82 bits per heavy atom. The van der Waals surface area contributed by atoms with Crippen molar-refractivity contribution in [2.75, 3.05) is 5.32 Å². The number of hydrogen-bond acceptors (Lipinski definition) is 5. The normalized spacial score (nSPS) is 10.9. The fourth-order valence-corrected chi connectivity index (χ4v) is 2.94. The van der Waals surface area contributed by atoms with Crippen LogP contribution in [0.1, 0.15) is 33.1 Å². The average Bonchev–Trinajstić information content (AvgIpc) is 3.08. The van der Waals surface area contributed by atoms with Gasteiger partial charge in [0.2, 0.25) is 5.69 Å². The van der Waals surface area contributed by atoms with Gasteiger partial charge in [-0.2, -0.15) is 10.2 Å². The Morgan fingerprint density at radius 1 is 1.18 bits per heavy atom. The zero-order chi connectivity index (χ0) is 20.6. The van der Waals surface area contributed by atoms with E-state index in [4.69, 9.17) is 0 Å². The van der Waals surface area contributed by atoms with Crippen LogP contribution in [0.4, 0.5) is 15.8 Å². The molecule has 3 aromatic rings. The summed E-state index contributed by atoms with van der Waals surface area (Å²) >= 11 is 0. The van der Waals surface area contributed by atoms with Crippen LogP contribution in [0.15, 0.2) is 24.3 Å². The molecule has 0 spiro atoms. The third kappa shape index (κ3) is 3.48. The second-order valence-corrected chi connectivity index (χ2v) is 6.45. The van der Waals surface area contributed by atoms with Gasteiger partial charge in [0.1, 0.15) is 11.5 Å². The van der Waals surface area contributed by atoms with Gasteiger partial charge >= 0.3 is 5.69 Å². The number of carbonyl (C=O) groups excluding carboxylic acids is 1. The monoisotopic (exact) mass is 386 g/mol. The van der Waals surface area contributed by atoms with Crippen LogP contribution in [0.5, 0.6) is 0 Å². The van der Waals surface area contributed by atoms with E-state index in [-0.39, 0.29) is 22.9 Å². The first-order valence-corrected chi connectivity index (χ1v) is 8.46. The molecule has 28 heavy (non-hydrogen) atoms. The number of hydrogen-bond donors (Lipinski definition) is 1. The number of benzene rings is 1. The quantitative estimate of drug-likeness (QED) is 0.536. The van der Waals surface area contributed by atoms with E-state index < -0.39 is 10.8 Å². The predicted molar refractivity (Wildman–Crippen MR) is 99.8 cm³/mol. The summed E-state index contributed by atoms with van der Waals surface area (Å²) in [5, 5.41) is 22.4. The summed E-state index contributed by atoms with van der Waals surface area (Å²) < 4.78 is 16.0. The molecule has 2 heterocycles. The molecule has 0 atom stereocenters. The summed E-state index contributed by atoms with van der Waals surface area (Å²) in [7, 11) is 1.54. The third-order valence-corrected chi connectivity index (χ3v) is 4.57. The van der Waals surface area contributed by atoms with Crippen molar-refractivity contribution in [3.63, 3.8) is 0 Å². The molecule has 0 saturated heterocycles. The van der Waals surface area contributed by atoms with E-state index in [2.05, 4.69) is 15.5 Å². The highest BCUT2D eigenvalue weighted by molar-refractivity contribution is 6.06. The summed E-state index contributed by atoms with van der Waals surface area (Å²) in [6.45, 7) is 5.42. The van der Waals surface area contributed by atoms with Gasteiger partial charge in [-0.3, -0.25) is 24.3 Å². The molecular formula is C18H19FN6O3. The topological polar surface area (TPSA) is 108 Å². The molecule has 1 N–H and O–H groups in total. The first kappa shape index (κ1) is 19.2. The van der Waals surface area contributed by atoms with Gasteiger partial charge in [0, 0.05) is 7.05 Å². The summed E-state index contributed by atoms with van der Waals surface area (Å²) in [5.74, 6) is -1.000. The van der Waals surface area contributed by atoms with Crippen LogP contribution in [0.2, 0.25) is 0 Å². The van der Waals surface area contributed by atoms with Crippen LogP contribution in [-0.4, -0.2) is 30.4 Å². The molecule has 1 aromatic carbocycles. The van der Waals surface area contributed by atoms with Crippen LogP contribution in [-0.2, 0) is 13.6 Å². The number of aryl methyl sites for hydroxylation is 2. The number of halogens is 1. The number of nitro groups is 1. The van der Waals surface area contributed by atoms with Gasteiger partial charge in [0.15, 0.2) is 0 Å². The first-order chi connectivity index (χ1) is 13.2. The minimum absolute atomic E-state index is 0.255. The molecule has 0 bridgehead atoms. The SMILES string of the molecule is Cc1nn(Cc2ccc(F)cc2)c(C)c1NC(=O)c1nn(C)c(C)c1[N+](=O)[O-]. The smallest absolute Gasteiger partial charge is 0.317 e. The minimum atomic E-state index is -0.678. The molecular weight excluding hydrogens is 367 g/mol. The Morgan fingerprint density at radius 3 is 2.43 bits per heavy atom. The standard InChI is InChI=1S/C18H19FN6O3/c1-10-15(11(2)24(21-10)9-13-5-7-14(19)8-6-13)20-18(26)16-17(25(27)28)12(3)23(4)22-16/h5-8H,9H2,1-4H3,(H,20,26). The van der Waals surface area contributed by atoms with E-state index in [1.54, 1.807) is 30.7 Å². The number of carbonyl (C=O) groups is 1. The van der Waals surface area contributed by atoms with Crippen molar-refractivity contribution in [3.05, 3.63) is 68.5 Å². The van der Waals surface area contributed by atoms with E-state index in [0.717, 1.165) is 5.56 Å². The summed E-state index contributed by atoms with van der Waals surface area (Å²) in [5.41, 5.74) is 2.25. The number of amides is 1. The maximum atomic E-state index is 13.1. The molecule has 146 valence electrons. The second-order valence-electron chi connectivity index (χ2n) is 6.45. The molecule has 1 amide bonds. The minimum Gasteiger partial charge on any atom is -0.317 e. The lowest BCUT2D eigenvalue weighted by atomic mass is 10.2. The van der Waals surface area contributed by atoms with Gasteiger partial charge in [-0.05, 0) is 38.5 Å². The summed E-state index contributed by atoms with van der Waals surface area (Å²) in [6, 6.07) is 6.05. The lowest BCUT2D eigenvalue weighted by Gasteiger charge is -2.06. The Kier molecular flexibility index (Phi) is 4.95. The van der Waals surface area contributed by atoms with E-state index in [0.29, 0.717) is 23.6 Å². The predicted octanol–water partition coefficient (Wildman–Crippen LogP) is 2.89. The Labute approximate surface area is 159 Å². The van der Waals surface area contributed by atoms with Crippen LogP contribution >= 0.6 is 0 Å². The lowest BCUT2D eigenvalue weighted by molar-refractivity contribution is -0.385. The van der Waals surface area contributed by atoms with Gasteiger partial charge in [-0.1, -0.05) is 12.1 Å². The van der Waals surface area contributed by atoms with Crippen molar-refractivity contribution in [2.45, 2.75) is 27.3 Å². The maximum absolute atomic E-state index is 13.1. The van der Waals surface area contributed by atoms with Crippen molar-refractivity contribution in [1.82, 2.24) is 19.6 Å². The van der Waals surface area contributed by atoms with Gasteiger partial charge in [0.25, 0.3) is 5.91 Å². The molecule has 0 aliphatic heterocycles. The van der Waals surface area contributed by atoms with Crippen molar-refractivity contribution in [1.29, 1.82) is 0 Å². The molecule has 0 aliphatic rings. The largest absolute Gasteiger partial charge is 0.322 e. The molecule has 0 saturated carbocycles. The highest BCUT2D eigenvalue weighted by Gasteiger charge is 2.30. The van der Waals surface area contributed by atoms with Crippen molar-refractivity contribution >= 4 is 17.3 Å². The number of aromatic nitrogens is 4. The molecule has 0 aliphatic carbocycles. The van der Waals surface area contributed by atoms with Gasteiger partial charge in [-0.15, -0.1) is 0 Å². The fourth-order valence-electron chi connectivity index (χ4n) is 2.94. The van der Waals surface area contributed by atoms with Crippen LogP contribution < -0.4 is 5.32 Å². The third-order valence-electron chi connectivity index (χ3n) is 4.57. The highest BCUT2D eigenvalue weighted by atomic mass is 19.1. The number of anilines is 1. The number of rotatable bonds is 5. The zero-order valence-corrected chi connectivity index (χ0v) is 15.9. The van der Waals surface area contributed by atoms with Gasteiger partial charge < -0.3 is 5.32 Å². The second kappa shape index (κ2) is 7.22. The van der Waals surface area contributed by atoms with Crippen LogP contribution in [0.3, 0.4) is 0 Å².